The van der Waals surface area contributed by atoms with E-state index in [1.807, 2.05) is 42.5 Å². The molecule has 1 amide bonds. The van der Waals surface area contributed by atoms with E-state index in [1.165, 1.54) is 0 Å². The lowest BCUT2D eigenvalue weighted by atomic mass is 10.0. The van der Waals surface area contributed by atoms with Crippen molar-refractivity contribution >= 4 is 5.91 Å². The molecular formula is C20H25N3O3. The van der Waals surface area contributed by atoms with Gasteiger partial charge in [-0.25, -0.2) is 0 Å². The summed E-state index contributed by atoms with van der Waals surface area (Å²) in [5, 5.41) is 24.1. The predicted octanol–water partition coefficient (Wildman–Crippen LogP) is 0.738. The Kier molecular flexibility index (Phi) is 5.98. The van der Waals surface area contributed by atoms with Crippen molar-refractivity contribution < 1.29 is 15.0 Å². The number of pyridine rings is 1. The van der Waals surface area contributed by atoms with Crippen molar-refractivity contribution in [1.82, 2.24) is 15.2 Å². The molecule has 1 aliphatic heterocycles. The number of hydrogen-bond donors (Lipinski definition) is 3. The van der Waals surface area contributed by atoms with E-state index in [2.05, 4.69) is 10.3 Å². The van der Waals surface area contributed by atoms with Crippen LogP contribution in [0.5, 0.6) is 0 Å². The van der Waals surface area contributed by atoms with Gasteiger partial charge in [0.1, 0.15) is 11.7 Å². The highest BCUT2D eigenvalue weighted by molar-refractivity contribution is 5.77. The Bertz CT molecular complexity index is 711. The molecule has 2 aromatic rings. The van der Waals surface area contributed by atoms with Gasteiger partial charge in [0, 0.05) is 38.4 Å². The van der Waals surface area contributed by atoms with Crippen molar-refractivity contribution in [3.8, 4) is 0 Å². The molecule has 0 spiro atoms. The number of benzene rings is 1. The summed E-state index contributed by atoms with van der Waals surface area (Å²) in [6.45, 7) is 1.10. The fraction of sp³-hybridized carbons (Fsp3) is 0.400. The van der Waals surface area contributed by atoms with Crippen molar-refractivity contribution in [3.05, 3.63) is 66.0 Å². The average Bonchev–Trinajstić information content (AvgIpc) is 2.96. The topological polar surface area (TPSA) is 85.7 Å². The molecule has 3 N–H and O–H groups in total. The van der Waals surface area contributed by atoms with Crippen LogP contribution in [-0.4, -0.2) is 57.3 Å². The monoisotopic (exact) mass is 355 g/mol. The zero-order valence-corrected chi connectivity index (χ0v) is 14.7. The Morgan fingerprint density at radius 2 is 1.92 bits per heavy atom. The number of aryl methyl sites for hydroxylation is 1. The van der Waals surface area contributed by atoms with Crippen LogP contribution in [0.4, 0.5) is 0 Å². The van der Waals surface area contributed by atoms with Crippen molar-refractivity contribution in [2.75, 3.05) is 19.6 Å². The largest absolute Gasteiger partial charge is 0.388 e. The molecule has 1 aliphatic rings. The first kappa shape index (κ1) is 18.5. The number of rotatable bonds is 7. The van der Waals surface area contributed by atoms with E-state index in [4.69, 9.17) is 0 Å². The maximum atomic E-state index is 12.4. The molecule has 0 saturated carbocycles. The van der Waals surface area contributed by atoms with Gasteiger partial charge in [-0.3, -0.25) is 9.78 Å². The number of nitrogens with zero attached hydrogens (tertiary/aromatic N) is 2. The highest BCUT2D eigenvalue weighted by Crippen LogP contribution is 2.22. The summed E-state index contributed by atoms with van der Waals surface area (Å²) in [6.07, 6.45) is 3.50. The van der Waals surface area contributed by atoms with Gasteiger partial charge >= 0.3 is 0 Å². The number of aliphatic hydroxyl groups excluding tert-OH is 1. The second kappa shape index (κ2) is 8.40. The van der Waals surface area contributed by atoms with E-state index in [0.717, 1.165) is 11.1 Å². The minimum Gasteiger partial charge on any atom is -0.388 e. The van der Waals surface area contributed by atoms with Crippen LogP contribution >= 0.6 is 0 Å². The third-order valence-corrected chi connectivity index (χ3v) is 4.81. The quantitative estimate of drug-likeness (QED) is 0.682. The number of carbonyl (C=O) groups excluding carboxylic acids is 1. The van der Waals surface area contributed by atoms with Gasteiger partial charge in [-0.2, -0.15) is 0 Å². The van der Waals surface area contributed by atoms with Gasteiger partial charge in [0.25, 0.3) is 0 Å². The molecule has 6 nitrogen and oxygen atoms in total. The Hall–Kier alpha value is -2.28. The Morgan fingerprint density at radius 1 is 1.19 bits per heavy atom. The molecule has 6 heteroatoms. The van der Waals surface area contributed by atoms with E-state index in [9.17, 15) is 15.0 Å². The lowest BCUT2D eigenvalue weighted by Crippen LogP contribution is -2.50. The van der Waals surface area contributed by atoms with Gasteiger partial charge in [-0.15, -0.1) is 0 Å². The smallest absolute Gasteiger partial charge is 0.223 e. The van der Waals surface area contributed by atoms with Crippen molar-refractivity contribution in [2.45, 2.75) is 31.1 Å². The van der Waals surface area contributed by atoms with Crippen LogP contribution in [0.15, 0.2) is 54.9 Å². The number of β-amino-alcohol motifs (C(OH)–C–C–N with tert-alkyl or cyclic N) is 2. The van der Waals surface area contributed by atoms with Crippen LogP contribution < -0.4 is 5.32 Å². The molecule has 26 heavy (non-hydrogen) atoms. The second-order valence-corrected chi connectivity index (χ2v) is 6.84. The molecule has 1 aromatic heterocycles. The summed E-state index contributed by atoms with van der Waals surface area (Å²) < 4.78 is 0. The van der Waals surface area contributed by atoms with E-state index < -0.39 is 11.7 Å². The second-order valence-electron chi connectivity index (χ2n) is 6.84. The maximum absolute atomic E-state index is 12.4. The van der Waals surface area contributed by atoms with Crippen LogP contribution in [0, 0.1) is 0 Å². The van der Waals surface area contributed by atoms with E-state index in [-0.39, 0.29) is 25.5 Å². The highest BCUT2D eigenvalue weighted by Gasteiger charge is 2.45. The minimum atomic E-state index is -1.32. The first-order valence-electron chi connectivity index (χ1n) is 8.88. The Balaban J connectivity index is 1.48. The molecule has 0 bridgehead atoms. The molecule has 2 atom stereocenters. The summed E-state index contributed by atoms with van der Waals surface area (Å²) in [5.41, 5.74) is 0.830. The first-order chi connectivity index (χ1) is 12.6. The number of carbonyl (C=O) groups is 1. The number of amides is 1. The maximum Gasteiger partial charge on any atom is 0.223 e. The number of hydrogen-bond acceptors (Lipinski definition) is 5. The number of aromatic nitrogens is 1. The van der Waals surface area contributed by atoms with Crippen LogP contribution in [0.3, 0.4) is 0 Å². The third kappa shape index (κ3) is 4.66. The average molecular weight is 355 g/mol. The summed E-state index contributed by atoms with van der Waals surface area (Å²) in [7, 11) is 0. The highest BCUT2D eigenvalue weighted by atomic mass is 16.3. The van der Waals surface area contributed by atoms with Crippen LogP contribution in [0.1, 0.15) is 17.5 Å². The number of likely N-dealkylation sites (tertiary alicyclic amines) is 1. The molecular weight excluding hydrogens is 330 g/mol. The van der Waals surface area contributed by atoms with Crippen molar-refractivity contribution in [2.24, 2.45) is 0 Å². The van der Waals surface area contributed by atoms with Crippen LogP contribution in [-0.2, 0) is 17.8 Å². The van der Waals surface area contributed by atoms with Gasteiger partial charge in [0.05, 0.1) is 6.54 Å². The Labute approximate surface area is 153 Å². The molecule has 3 rings (SSSR count). The van der Waals surface area contributed by atoms with Crippen molar-refractivity contribution in [3.63, 3.8) is 0 Å². The lowest BCUT2D eigenvalue weighted by Gasteiger charge is -2.26. The van der Waals surface area contributed by atoms with Crippen LogP contribution in [0.2, 0.25) is 0 Å². The van der Waals surface area contributed by atoms with E-state index in [0.29, 0.717) is 19.4 Å². The molecule has 2 heterocycles. The number of nitrogens with one attached hydrogen (secondary N) is 1. The van der Waals surface area contributed by atoms with Crippen molar-refractivity contribution in [1.29, 1.82) is 0 Å². The lowest BCUT2D eigenvalue weighted by molar-refractivity contribution is -0.131. The SMILES string of the molecule is O=C(CCc1ccccc1)N1C[C@@H](O)[C@](O)(CNCc2ccncc2)C1. The molecule has 1 aromatic carbocycles. The van der Waals surface area contributed by atoms with Gasteiger partial charge in [0.2, 0.25) is 5.91 Å². The third-order valence-electron chi connectivity index (χ3n) is 4.81. The molecule has 0 radical (unpaired) electrons. The molecule has 0 aliphatic carbocycles. The van der Waals surface area contributed by atoms with E-state index >= 15 is 0 Å². The van der Waals surface area contributed by atoms with Gasteiger partial charge < -0.3 is 20.4 Å². The molecule has 1 fully saturated rings. The standard InChI is InChI=1S/C20H25N3O3/c24-18-13-23(19(25)7-6-16-4-2-1-3-5-16)15-20(18,26)14-22-12-17-8-10-21-11-9-17/h1-5,8-11,18,22,24,26H,6-7,12-15H2/t18-,20+/m1/s1. The number of aliphatic hydroxyl groups is 2. The fourth-order valence-electron chi connectivity index (χ4n) is 3.22. The predicted molar refractivity (Wildman–Crippen MR) is 98.2 cm³/mol. The zero-order chi connectivity index (χ0) is 18.4. The Morgan fingerprint density at radius 3 is 2.65 bits per heavy atom. The van der Waals surface area contributed by atoms with E-state index in [1.54, 1.807) is 17.3 Å². The molecule has 0 unspecified atom stereocenters. The molecule has 1 saturated heterocycles. The van der Waals surface area contributed by atoms with Gasteiger partial charge in [-0.05, 0) is 29.7 Å². The summed E-state index contributed by atoms with van der Waals surface area (Å²) in [5.74, 6) is -0.0436. The van der Waals surface area contributed by atoms with Gasteiger partial charge in [0.15, 0.2) is 0 Å². The van der Waals surface area contributed by atoms with Crippen LogP contribution in [0.25, 0.3) is 0 Å². The first-order valence-corrected chi connectivity index (χ1v) is 8.88. The normalized spacial score (nSPS) is 22.5. The zero-order valence-electron chi connectivity index (χ0n) is 14.7. The summed E-state index contributed by atoms with van der Waals surface area (Å²) >= 11 is 0. The minimum absolute atomic E-state index is 0.0436. The molecule has 138 valence electrons. The van der Waals surface area contributed by atoms with Gasteiger partial charge in [-0.1, -0.05) is 30.3 Å². The summed E-state index contributed by atoms with van der Waals surface area (Å²) in [4.78, 5) is 17.9. The fourth-order valence-corrected chi connectivity index (χ4v) is 3.22. The summed E-state index contributed by atoms with van der Waals surface area (Å²) in [6, 6.07) is 13.6.